The second kappa shape index (κ2) is 3.62. The van der Waals surface area contributed by atoms with Gasteiger partial charge in [-0.25, -0.2) is 0 Å². The van der Waals surface area contributed by atoms with E-state index >= 15 is 0 Å². The Kier molecular flexibility index (Phi) is 2.70. The van der Waals surface area contributed by atoms with Crippen LogP contribution in [-0.2, 0) is 0 Å². The van der Waals surface area contributed by atoms with Crippen molar-refractivity contribution in [3.05, 3.63) is 11.6 Å². The van der Waals surface area contributed by atoms with E-state index in [-0.39, 0.29) is 11.5 Å². The van der Waals surface area contributed by atoms with Crippen LogP contribution in [0, 0.1) is 23.2 Å². The zero-order chi connectivity index (χ0) is 11.2. The summed E-state index contributed by atoms with van der Waals surface area (Å²) in [4.78, 5) is 0. The molecule has 0 amide bonds. The molecule has 0 spiro atoms. The minimum atomic E-state index is -0.115. The van der Waals surface area contributed by atoms with E-state index in [1.807, 2.05) is 0 Å². The van der Waals surface area contributed by atoms with Gasteiger partial charge in [-0.3, -0.25) is 0 Å². The van der Waals surface area contributed by atoms with E-state index in [0.717, 1.165) is 5.92 Å². The summed E-state index contributed by atoms with van der Waals surface area (Å²) in [6.45, 7) is 8.93. The van der Waals surface area contributed by atoms with Crippen LogP contribution >= 0.6 is 0 Å². The molecule has 86 valence electrons. The highest BCUT2D eigenvalue weighted by Crippen LogP contribution is 2.49. The molecular weight excluding hydrogens is 184 g/mol. The highest BCUT2D eigenvalue weighted by molar-refractivity contribution is 5.12. The molecule has 2 aliphatic rings. The molecule has 0 radical (unpaired) electrons. The van der Waals surface area contributed by atoms with Gasteiger partial charge in [0.1, 0.15) is 0 Å². The lowest BCUT2D eigenvalue weighted by atomic mass is 9.58. The Morgan fingerprint density at radius 3 is 2.73 bits per heavy atom. The van der Waals surface area contributed by atoms with Gasteiger partial charge in [0.05, 0.1) is 6.10 Å². The molecule has 0 saturated heterocycles. The highest BCUT2D eigenvalue weighted by Gasteiger charge is 2.45. The number of rotatable bonds is 0. The van der Waals surface area contributed by atoms with Crippen LogP contribution in [0.1, 0.15) is 47.0 Å². The molecule has 2 rings (SSSR count). The second-order valence-corrected chi connectivity index (χ2v) is 6.39. The van der Waals surface area contributed by atoms with E-state index in [0.29, 0.717) is 11.8 Å². The first-order chi connectivity index (χ1) is 6.92. The molecule has 0 unspecified atom stereocenters. The first kappa shape index (κ1) is 11.2. The van der Waals surface area contributed by atoms with Gasteiger partial charge in [-0.2, -0.15) is 0 Å². The zero-order valence-electron chi connectivity index (χ0n) is 10.5. The largest absolute Gasteiger partial charge is 0.392 e. The summed E-state index contributed by atoms with van der Waals surface area (Å²) in [7, 11) is 0. The summed E-state index contributed by atoms with van der Waals surface area (Å²) in [5, 5.41) is 10.5. The van der Waals surface area contributed by atoms with Crippen molar-refractivity contribution in [1.82, 2.24) is 0 Å². The molecule has 0 heterocycles. The maximum Gasteiger partial charge on any atom is 0.0627 e. The molecule has 0 aromatic carbocycles. The van der Waals surface area contributed by atoms with Crippen molar-refractivity contribution in [3.8, 4) is 0 Å². The molecule has 0 aromatic rings. The molecule has 15 heavy (non-hydrogen) atoms. The Morgan fingerprint density at radius 1 is 1.40 bits per heavy atom. The van der Waals surface area contributed by atoms with Gasteiger partial charge in [0.25, 0.3) is 0 Å². The average Bonchev–Trinajstić information content (AvgIpc) is 2.11. The summed E-state index contributed by atoms with van der Waals surface area (Å²) in [6.07, 6.45) is 5.93. The van der Waals surface area contributed by atoms with E-state index in [2.05, 4.69) is 33.8 Å². The van der Waals surface area contributed by atoms with Crippen molar-refractivity contribution in [3.63, 3.8) is 0 Å². The first-order valence-electron chi connectivity index (χ1n) is 6.27. The van der Waals surface area contributed by atoms with Crippen molar-refractivity contribution in [1.29, 1.82) is 0 Å². The van der Waals surface area contributed by atoms with Gasteiger partial charge in [0.2, 0.25) is 0 Å². The van der Waals surface area contributed by atoms with Gasteiger partial charge in [0, 0.05) is 0 Å². The summed E-state index contributed by atoms with van der Waals surface area (Å²) in [6, 6.07) is 0. The molecule has 1 nitrogen and oxygen atoms in total. The van der Waals surface area contributed by atoms with Gasteiger partial charge in [-0.05, 0) is 49.4 Å². The summed E-state index contributed by atoms with van der Waals surface area (Å²) >= 11 is 0. The monoisotopic (exact) mass is 208 g/mol. The van der Waals surface area contributed by atoms with Crippen molar-refractivity contribution < 1.29 is 5.11 Å². The third-order valence-electron chi connectivity index (χ3n) is 4.61. The molecule has 1 heteroatoms. The van der Waals surface area contributed by atoms with E-state index in [1.165, 1.54) is 24.8 Å². The van der Waals surface area contributed by atoms with Gasteiger partial charge < -0.3 is 5.11 Å². The lowest BCUT2D eigenvalue weighted by Gasteiger charge is -2.49. The Bertz CT molecular complexity index is 277. The minimum absolute atomic E-state index is 0.115. The van der Waals surface area contributed by atoms with Crippen LogP contribution in [0.4, 0.5) is 0 Å². The van der Waals surface area contributed by atoms with E-state index in [9.17, 15) is 5.11 Å². The normalized spacial score (nSPS) is 44.5. The predicted molar refractivity (Wildman–Crippen MR) is 63.5 cm³/mol. The van der Waals surface area contributed by atoms with Crippen molar-refractivity contribution >= 4 is 0 Å². The van der Waals surface area contributed by atoms with Crippen LogP contribution in [0.15, 0.2) is 11.6 Å². The number of aliphatic hydroxyl groups is 1. The molecule has 2 aliphatic carbocycles. The van der Waals surface area contributed by atoms with Crippen LogP contribution < -0.4 is 0 Å². The van der Waals surface area contributed by atoms with E-state index in [4.69, 9.17) is 0 Å². The number of hydrogen-bond acceptors (Lipinski definition) is 1. The molecule has 1 fully saturated rings. The van der Waals surface area contributed by atoms with E-state index < -0.39 is 0 Å². The highest BCUT2D eigenvalue weighted by atomic mass is 16.3. The Hall–Kier alpha value is -0.300. The standard InChI is InChI=1S/C14H24O/c1-9-7-10(2)12-11(8-9)5-6-14(3,4)13(12)15/h7,10-13,15H,5-6,8H2,1-4H3/t10-,11+,12-,13-/m1/s1. The van der Waals surface area contributed by atoms with Crippen molar-refractivity contribution in [2.75, 3.05) is 0 Å². The Balaban J connectivity index is 2.25. The smallest absolute Gasteiger partial charge is 0.0627 e. The summed E-state index contributed by atoms with van der Waals surface area (Å²) in [5.41, 5.74) is 1.64. The quantitative estimate of drug-likeness (QED) is 0.605. The van der Waals surface area contributed by atoms with Gasteiger partial charge in [0.15, 0.2) is 0 Å². The van der Waals surface area contributed by atoms with Crippen molar-refractivity contribution in [2.45, 2.75) is 53.1 Å². The molecule has 1 saturated carbocycles. The maximum atomic E-state index is 10.5. The maximum absolute atomic E-state index is 10.5. The fourth-order valence-electron chi connectivity index (χ4n) is 3.67. The van der Waals surface area contributed by atoms with Gasteiger partial charge in [-0.1, -0.05) is 32.4 Å². The van der Waals surface area contributed by atoms with E-state index in [1.54, 1.807) is 0 Å². The number of aliphatic hydroxyl groups excluding tert-OH is 1. The van der Waals surface area contributed by atoms with Crippen LogP contribution in [0.25, 0.3) is 0 Å². The SMILES string of the molecule is CC1=C[C@@H](C)[C@@H]2[C@@H](CCC(C)(C)[C@@H]2O)C1. The Labute approximate surface area is 93.6 Å². The van der Waals surface area contributed by atoms with Crippen LogP contribution in [-0.4, -0.2) is 11.2 Å². The van der Waals surface area contributed by atoms with Crippen LogP contribution in [0.2, 0.25) is 0 Å². The topological polar surface area (TPSA) is 20.2 Å². The number of hydrogen-bond donors (Lipinski definition) is 1. The van der Waals surface area contributed by atoms with Crippen LogP contribution in [0.3, 0.4) is 0 Å². The zero-order valence-corrected chi connectivity index (χ0v) is 10.5. The third-order valence-corrected chi connectivity index (χ3v) is 4.61. The molecule has 0 bridgehead atoms. The lowest BCUT2D eigenvalue weighted by Crippen LogP contribution is -2.47. The van der Waals surface area contributed by atoms with Crippen LogP contribution in [0.5, 0.6) is 0 Å². The molecular formula is C14H24O. The third kappa shape index (κ3) is 1.87. The number of fused-ring (bicyclic) bond motifs is 1. The molecule has 1 N–H and O–H groups in total. The van der Waals surface area contributed by atoms with Gasteiger partial charge >= 0.3 is 0 Å². The second-order valence-electron chi connectivity index (χ2n) is 6.39. The molecule has 0 aliphatic heterocycles. The lowest BCUT2D eigenvalue weighted by molar-refractivity contribution is -0.0755. The summed E-state index contributed by atoms with van der Waals surface area (Å²) < 4.78 is 0. The molecule has 4 atom stereocenters. The number of allylic oxidation sites excluding steroid dienone is 2. The Morgan fingerprint density at radius 2 is 2.07 bits per heavy atom. The summed E-state index contributed by atoms with van der Waals surface area (Å²) in [5.74, 6) is 1.78. The van der Waals surface area contributed by atoms with Gasteiger partial charge in [-0.15, -0.1) is 0 Å². The predicted octanol–water partition coefficient (Wildman–Crippen LogP) is 3.39. The van der Waals surface area contributed by atoms with Crippen molar-refractivity contribution in [2.24, 2.45) is 23.2 Å². The first-order valence-corrected chi connectivity index (χ1v) is 6.27. The minimum Gasteiger partial charge on any atom is -0.392 e. The average molecular weight is 208 g/mol. The fraction of sp³-hybridized carbons (Fsp3) is 0.857. The molecule has 0 aromatic heterocycles. The fourth-order valence-corrected chi connectivity index (χ4v) is 3.67.